The Morgan fingerprint density at radius 2 is 1.80 bits per heavy atom. The molecule has 1 aliphatic heterocycles. The zero-order valence-electron chi connectivity index (χ0n) is 6.51. The number of hydrogen-bond donors (Lipinski definition) is 0. The van der Waals surface area contributed by atoms with Crippen molar-refractivity contribution in [3.63, 3.8) is 0 Å². The molecule has 0 saturated carbocycles. The highest BCUT2D eigenvalue weighted by Crippen LogP contribution is 2.04. The van der Waals surface area contributed by atoms with E-state index >= 15 is 0 Å². The van der Waals surface area contributed by atoms with Gasteiger partial charge < -0.3 is 9.80 Å². The fourth-order valence-electron chi connectivity index (χ4n) is 1.10. The van der Waals surface area contributed by atoms with Gasteiger partial charge in [0.05, 0.1) is 0 Å². The second-order valence-corrected chi connectivity index (χ2v) is 2.75. The van der Waals surface area contributed by atoms with Crippen LogP contribution in [-0.4, -0.2) is 36.0 Å². The van der Waals surface area contributed by atoms with Crippen molar-refractivity contribution in [1.29, 1.82) is 0 Å². The Hall–Kier alpha value is -0.590. The summed E-state index contributed by atoms with van der Waals surface area (Å²) in [7, 11) is 3.85. The Labute approximate surface area is 63.1 Å². The molecule has 1 fully saturated rings. The van der Waals surface area contributed by atoms with Crippen LogP contribution in [0.1, 0.15) is 6.92 Å². The normalized spacial score (nSPS) is 21.1. The van der Waals surface area contributed by atoms with Gasteiger partial charge in [0.15, 0.2) is 0 Å². The van der Waals surface area contributed by atoms with Gasteiger partial charge in [-0.05, 0) is 13.1 Å². The predicted molar refractivity (Wildman–Crippen MR) is 42.0 cm³/mol. The second kappa shape index (κ2) is 3.00. The maximum Gasteiger partial charge on any atom is 0.250 e. The predicted octanol–water partition coefficient (Wildman–Crippen LogP) is 0.732. The molecule has 0 aromatic heterocycles. The van der Waals surface area contributed by atoms with Crippen LogP contribution in [0.3, 0.4) is 0 Å². The molecular formula is C8H14N2. The average molecular weight is 138 g/mol. The van der Waals surface area contributed by atoms with E-state index in [0.717, 1.165) is 31.9 Å². The average Bonchev–Trinajstić information content (AvgIpc) is 1.88. The molecule has 0 aliphatic carbocycles. The standard InChI is InChI=1S/C8H14N2/c1-8(2)10-6-4-9(3)5-7-10/h1H,3-7H2,2H3. The van der Waals surface area contributed by atoms with E-state index in [9.17, 15) is 0 Å². The Kier molecular flexibility index (Phi) is 2.25. The summed E-state index contributed by atoms with van der Waals surface area (Å²) in [6.07, 6.45) is 0. The molecule has 10 heavy (non-hydrogen) atoms. The summed E-state index contributed by atoms with van der Waals surface area (Å²) in [5, 5.41) is 0. The van der Waals surface area contributed by atoms with Gasteiger partial charge in [-0.25, -0.2) is 0 Å². The SMILES string of the molecule is [CH+]=C(C)N1CCN([CH2-])CC1. The summed E-state index contributed by atoms with van der Waals surface area (Å²) in [6, 6.07) is 0. The van der Waals surface area contributed by atoms with E-state index in [2.05, 4.69) is 16.8 Å². The van der Waals surface area contributed by atoms with Crippen LogP contribution in [0.4, 0.5) is 0 Å². The molecule has 0 aromatic carbocycles. The lowest BCUT2D eigenvalue weighted by Crippen LogP contribution is -2.42. The minimum atomic E-state index is 0.924. The van der Waals surface area contributed by atoms with Gasteiger partial charge in [0.25, 0.3) is 5.70 Å². The Bertz CT molecular complexity index is 123. The van der Waals surface area contributed by atoms with Gasteiger partial charge in [0.2, 0.25) is 6.58 Å². The number of nitrogens with zero attached hydrogens (tertiary/aromatic N) is 2. The van der Waals surface area contributed by atoms with Crippen molar-refractivity contribution in [1.82, 2.24) is 9.80 Å². The Morgan fingerprint density at radius 3 is 2.20 bits per heavy atom. The number of rotatable bonds is 1. The fourth-order valence-corrected chi connectivity index (χ4v) is 1.10. The summed E-state index contributed by atoms with van der Waals surface area (Å²) in [4.78, 5) is 4.25. The third-order valence-corrected chi connectivity index (χ3v) is 1.87. The summed E-state index contributed by atoms with van der Waals surface area (Å²) in [6.45, 7) is 11.6. The zero-order chi connectivity index (χ0) is 7.56. The van der Waals surface area contributed by atoms with Crippen LogP contribution in [0.25, 0.3) is 0 Å². The third kappa shape index (κ3) is 1.69. The van der Waals surface area contributed by atoms with E-state index in [4.69, 9.17) is 6.58 Å². The molecule has 0 radical (unpaired) electrons. The van der Waals surface area contributed by atoms with Crippen molar-refractivity contribution < 1.29 is 0 Å². The molecule has 1 saturated heterocycles. The van der Waals surface area contributed by atoms with Crippen LogP contribution in [-0.2, 0) is 0 Å². The van der Waals surface area contributed by atoms with Crippen molar-refractivity contribution in [3.05, 3.63) is 19.3 Å². The van der Waals surface area contributed by atoms with Gasteiger partial charge >= 0.3 is 0 Å². The molecule has 2 nitrogen and oxygen atoms in total. The number of piperazine rings is 1. The van der Waals surface area contributed by atoms with E-state index in [1.165, 1.54) is 0 Å². The molecule has 0 N–H and O–H groups in total. The van der Waals surface area contributed by atoms with Gasteiger partial charge in [0.1, 0.15) is 0 Å². The van der Waals surface area contributed by atoms with Crippen LogP contribution in [0.5, 0.6) is 0 Å². The fraction of sp³-hybridized carbons (Fsp3) is 0.625. The molecule has 0 aromatic rings. The Balaban J connectivity index is 2.33. The van der Waals surface area contributed by atoms with Crippen LogP contribution in [0.2, 0.25) is 0 Å². The van der Waals surface area contributed by atoms with Gasteiger partial charge in [-0.1, -0.05) is 0 Å². The minimum absolute atomic E-state index is 0.924. The first-order valence-corrected chi connectivity index (χ1v) is 3.59. The van der Waals surface area contributed by atoms with Crippen LogP contribution >= 0.6 is 0 Å². The van der Waals surface area contributed by atoms with Crippen LogP contribution in [0.15, 0.2) is 5.70 Å². The van der Waals surface area contributed by atoms with Crippen molar-refractivity contribution in [2.75, 3.05) is 26.2 Å². The van der Waals surface area contributed by atoms with Crippen molar-refractivity contribution >= 4 is 0 Å². The van der Waals surface area contributed by atoms with Gasteiger partial charge in [-0.15, -0.1) is 0 Å². The molecule has 56 valence electrons. The molecule has 0 spiro atoms. The van der Waals surface area contributed by atoms with E-state index < -0.39 is 0 Å². The van der Waals surface area contributed by atoms with Crippen molar-refractivity contribution in [3.8, 4) is 0 Å². The molecule has 1 rings (SSSR count). The summed E-state index contributed by atoms with van der Waals surface area (Å²) in [5.74, 6) is 0. The first-order valence-electron chi connectivity index (χ1n) is 3.59. The maximum absolute atomic E-state index is 5.62. The molecule has 2 heteroatoms. The van der Waals surface area contributed by atoms with Crippen LogP contribution in [0, 0.1) is 13.6 Å². The summed E-state index contributed by atoms with van der Waals surface area (Å²) >= 11 is 0. The Morgan fingerprint density at radius 1 is 1.30 bits per heavy atom. The molecule has 1 aliphatic rings. The number of allylic oxidation sites excluding steroid dienone is 1. The first kappa shape index (κ1) is 7.52. The lowest BCUT2D eigenvalue weighted by Gasteiger charge is -2.35. The maximum atomic E-state index is 5.62. The zero-order valence-corrected chi connectivity index (χ0v) is 6.51. The molecular weight excluding hydrogens is 124 g/mol. The third-order valence-electron chi connectivity index (χ3n) is 1.87. The lowest BCUT2D eigenvalue weighted by atomic mass is 10.3. The topological polar surface area (TPSA) is 6.48 Å². The molecule has 0 atom stereocenters. The molecule has 1 heterocycles. The minimum Gasteiger partial charge on any atom is -0.456 e. The first-order chi connectivity index (χ1) is 4.70. The highest BCUT2D eigenvalue weighted by molar-refractivity contribution is 4.88. The van der Waals surface area contributed by atoms with E-state index in [1.807, 2.05) is 6.92 Å². The van der Waals surface area contributed by atoms with E-state index in [0.29, 0.717) is 0 Å². The molecule has 0 amide bonds. The molecule has 0 unspecified atom stereocenters. The van der Waals surface area contributed by atoms with Crippen molar-refractivity contribution in [2.24, 2.45) is 0 Å². The summed E-state index contributed by atoms with van der Waals surface area (Å²) < 4.78 is 0. The summed E-state index contributed by atoms with van der Waals surface area (Å²) in [5.41, 5.74) is 0.924. The van der Waals surface area contributed by atoms with Gasteiger partial charge in [-0.2, -0.15) is 0 Å². The smallest absolute Gasteiger partial charge is 0.250 e. The quantitative estimate of drug-likeness (QED) is 0.493. The van der Waals surface area contributed by atoms with Gasteiger partial charge in [-0.3, -0.25) is 7.05 Å². The largest absolute Gasteiger partial charge is 0.456 e. The lowest BCUT2D eigenvalue weighted by molar-refractivity contribution is 0.202. The van der Waals surface area contributed by atoms with Crippen molar-refractivity contribution in [2.45, 2.75) is 6.92 Å². The van der Waals surface area contributed by atoms with Gasteiger partial charge in [0, 0.05) is 20.0 Å². The second-order valence-electron chi connectivity index (χ2n) is 2.75. The van der Waals surface area contributed by atoms with E-state index in [1.54, 1.807) is 0 Å². The highest BCUT2D eigenvalue weighted by atomic mass is 15.2. The van der Waals surface area contributed by atoms with E-state index in [-0.39, 0.29) is 0 Å². The molecule has 0 bridgehead atoms. The monoisotopic (exact) mass is 138 g/mol. The number of hydrogen-bond acceptors (Lipinski definition) is 2. The highest BCUT2D eigenvalue weighted by Gasteiger charge is 2.13. The van der Waals surface area contributed by atoms with Crippen LogP contribution < -0.4 is 0 Å².